The van der Waals surface area contributed by atoms with Crippen molar-refractivity contribution in [1.29, 1.82) is 0 Å². The van der Waals surface area contributed by atoms with Crippen molar-refractivity contribution >= 4 is 11.6 Å². The molecule has 0 aliphatic heterocycles. The number of hydrogen-bond donors (Lipinski definition) is 1. The zero-order valence-electron chi connectivity index (χ0n) is 5.60. The van der Waals surface area contributed by atoms with E-state index in [9.17, 15) is 0 Å². The van der Waals surface area contributed by atoms with E-state index in [1.54, 1.807) is 0 Å². The Morgan fingerprint density at radius 1 is 1.78 bits per heavy atom. The highest BCUT2D eigenvalue weighted by Gasteiger charge is 1.95. The average Bonchev–Trinajstić information content (AvgIpc) is 1.63. The van der Waals surface area contributed by atoms with Crippen LogP contribution in [0.5, 0.6) is 0 Å². The van der Waals surface area contributed by atoms with Crippen molar-refractivity contribution in [2.45, 2.75) is 0 Å². The normalized spacial score (nSPS) is 10.2. The van der Waals surface area contributed by atoms with Crippen LogP contribution in [0, 0.1) is 0 Å². The van der Waals surface area contributed by atoms with Gasteiger partial charge in [-0.05, 0) is 7.05 Å². The Morgan fingerprint density at radius 3 is 2.67 bits per heavy atom. The van der Waals surface area contributed by atoms with Crippen molar-refractivity contribution in [2.24, 2.45) is 0 Å². The molecule has 0 aromatic heterocycles. The van der Waals surface area contributed by atoms with Gasteiger partial charge in [0, 0.05) is 18.1 Å². The van der Waals surface area contributed by atoms with E-state index in [4.69, 9.17) is 16.7 Å². The summed E-state index contributed by atoms with van der Waals surface area (Å²) < 4.78 is 0. The number of aliphatic hydroxyl groups is 1. The third-order valence-electron chi connectivity index (χ3n) is 0.923. The third-order valence-corrected chi connectivity index (χ3v) is 1.04. The fourth-order valence-electron chi connectivity index (χ4n) is 0.543. The van der Waals surface area contributed by atoms with Gasteiger partial charge in [-0.3, -0.25) is 4.90 Å². The van der Waals surface area contributed by atoms with Crippen molar-refractivity contribution in [3.8, 4) is 0 Å². The fraction of sp³-hybridized carbons (Fsp3) is 0.667. The lowest BCUT2D eigenvalue weighted by molar-refractivity contribution is 0.231. The third kappa shape index (κ3) is 5.83. The molecule has 0 aliphatic rings. The van der Waals surface area contributed by atoms with Crippen molar-refractivity contribution in [3.05, 3.63) is 11.6 Å². The molecule has 0 bridgehead atoms. The van der Waals surface area contributed by atoms with Crippen LogP contribution in [-0.2, 0) is 0 Å². The summed E-state index contributed by atoms with van der Waals surface area (Å²) >= 11 is 5.49. The molecule has 0 aromatic carbocycles. The first-order valence-corrected chi connectivity index (χ1v) is 3.17. The minimum atomic E-state index is 0.167. The minimum absolute atomic E-state index is 0.167. The van der Waals surface area contributed by atoms with Gasteiger partial charge in [0.15, 0.2) is 0 Å². The van der Waals surface area contributed by atoms with Crippen LogP contribution < -0.4 is 0 Å². The second-order valence-corrected chi connectivity index (χ2v) is 2.51. The van der Waals surface area contributed by atoms with Gasteiger partial charge in [0.2, 0.25) is 0 Å². The quantitative estimate of drug-likeness (QED) is 0.635. The molecule has 0 saturated carbocycles. The van der Waals surface area contributed by atoms with E-state index in [0.717, 1.165) is 0 Å². The van der Waals surface area contributed by atoms with Crippen LogP contribution in [0.15, 0.2) is 11.6 Å². The highest BCUT2D eigenvalue weighted by molar-refractivity contribution is 6.29. The van der Waals surface area contributed by atoms with Crippen LogP contribution in [-0.4, -0.2) is 36.8 Å². The molecule has 1 N–H and O–H groups in total. The molecule has 0 aliphatic carbocycles. The van der Waals surface area contributed by atoms with Gasteiger partial charge in [0.25, 0.3) is 0 Å². The first-order valence-electron chi connectivity index (χ1n) is 2.79. The van der Waals surface area contributed by atoms with Crippen molar-refractivity contribution < 1.29 is 5.11 Å². The monoisotopic (exact) mass is 149 g/mol. The van der Waals surface area contributed by atoms with E-state index in [2.05, 4.69) is 6.58 Å². The predicted molar refractivity (Wildman–Crippen MR) is 39.6 cm³/mol. The smallest absolute Gasteiger partial charge is 0.0558 e. The van der Waals surface area contributed by atoms with Crippen molar-refractivity contribution in [2.75, 3.05) is 26.7 Å². The molecule has 0 atom stereocenters. The van der Waals surface area contributed by atoms with Gasteiger partial charge in [0.1, 0.15) is 0 Å². The summed E-state index contributed by atoms with van der Waals surface area (Å²) in [6.45, 7) is 4.97. The lowest BCUT2D eigenvalue weighted by Crippen LogP contribution is -2.23. The van der Waals surface area contributed by atoms with E-state index in [1.807, 2.05) is 11.9 Å². The van der Waals surface area contributed by atoms with E-state index < -0.39 is 0 Å². The molecule has 3 heteroatoms. The molecule has 0 rings (SSSR count). The van der Waals surface area contributed by atoms with E-state index in [-0.39, 0.29) is 6.61 Å². The van der Waals surface area contributed by atoms with Gasteiger partial charge < -0.3 is 5.11 Å². The summed E-state index contributed by atoms with van der Waals surface area (Å²) in [6, 6.07) is 0. The lowest BCUT2D eigenvalue weighted by atomic mass is 10.5. The molecule has 0 aromatic rings. The Kier molecular flexibility index (Phi) is 4.77. The zero-order chi connectivity index (χ0) is 7.28. The number of likely N-dealkylation sites (N-methyl/N-ethyl adjacent to an activating group) is 1. The molecule has 0 saturated heterocycles. The molecule has 2 nitrogen and oxygen atoms in total. The number of halogens is 1. The molecule has 0 spiro atoms. The van der Waals surface area contributed by atoms with Crippen LogP contribution in [0.25, 0.3) is 0 Å². The molecule has 0 radical (unpaired) electrons. The summed E-state index contributed by atoms with van der Waals surface area (Å²) in [6.07, 6.45) is 0. The average molecular weight is 150 g/mol. The Hall–Kier alpha value is -0.0500. The molecule has 0 unspecified atom stereocenters. The Bertz CT molecular complexity index is 95.1. The standard InChI is InChI=1S/C6H12ClNO/c1-6(7)5-8(2)3-4-9/h9H,1,3-5H2,2H3. The number of nitrogens with zero attached hydrogens (tertiary/aromatic N) is 1. The van der Waals surface area contributed by atoms with E-state index >= 15 is 0 Å². The molecule has 0 fully saturated rings. The summed E-state index contributed by atoms with van der Waals surface area (Å²) in [5.41, 5.74) is 0. The highest BCUT2D eigenvalue weighted by atomic mass is 35.5. The minimum Gasteiger partial charge on any atom is -0.395 e. The highest BCUT2D eigenvalue weighted by Crippen LogP contribution is 1.97. The molecular weight excluding hydrogens is 138 g/mol. The maximum Gasteiger partial charge on any atom is 0.0558 e. The molecule has 0 amide bonds. The van der Waals surface area contributed by atoms with Gasteiger partial charge in [-0.1, -0.05) is 18.2 Å². The second kappa shape index (κ2) is 4.79. The molecule has 54 valence electrons. The molecular formula is C6H12ClNO. The SMILES string of the molecule is C=C(Cl)CN(C)CCO. The first-order chi connectivity index (χ1) is 4.16. The van der Waals surface area contributed by atoms with Gasteiger partial charge in [-0.2, -0.15) is 0 Å². The zero-order valence-corrected chi connectivity index (χ0v) is 6.36. The Labute approximate surface area is 60.7 Å². The van der Waals surface area contributed by atoms with Gasteiger partial charge in [-0.25, -0.2) is 0 Å². The van der Waals surface area contributed by atoms with E-state index in [0.29, 0.717) is 18.1 Å². The van der Waals surface area contributed by atoms with Crippen LogP contribution in [0.4, 0.5) is 0 Å². The first kappa shape index (κ1) is 8.95. The van der Waals surface area contributed by atoms with Crippen LogP contribution in [0.2, 0.25) is 0 Å². The maximum atomic E-state index is 8.44. The summed E-state index contributed by atoms with van der Waals surface area (Å²) in [5.74, 6) is 0. The number of rotatable bonds is 4. The van der Waals surface area contributed by atoms with Gasteiger partial charge in [0.05, 0.1) is 6.61 Å². The van der Waals surface area contributed by atoms with Gasteiger partial charge in [-0.15, -0.1) is 0 Å². The van der Waals surface area contributed by atoms with Crippen molar-refractivity contribution in [3.63, 3.8) is 0 Å². The van der Waals surface area contributed by atoms with E-state index in [1.165, 1.54) is 0 Å². The number of aliphatic hydroxyl groups excluding tert-OH is 1. The maximum absolute atomic E-state index is 8.44. The van der Waals surface area contributed by atoms with Crippen LogP contribution in [0.1, 0.15) is 0 Å². The predicted octanol–water partition coefficient (Wildman–Crippen LogP) is 0.663. The van der Waals surface area contributed by atoms with Gasteiger partial charge >= 0.3 is 0 Å². The summed E-state index contributed by atoms with van der Waals surface area (Å²) in [4.78, 5) is 1.90. The largest absolute Gasteiger partial charge is 0.395 e. The summed E-state index contributed by atoms with van der Waals surface area (Å²) in [5, 5.41) is 9.04. The van der Waals surface area contributed by atoms with Crippen molar-refractivity contribution in [1.82, 2.24) is 4.90 Å². The molecule has 9 heavy (non-hydrogen) atoms. The fourth-order valence-corrected chi connectivity index (χ4v) is 0.747. The Morgan fingerprint density at radius 2 is 2.33 bits per heavy atom. The number of hydrogen-bond acceptors (Lipinski definition) is 2. The van der Waals surface area contributed by atoms with Crippen LogP contribution >= 0.6 is 11.6 Å². The molecule has 0 heterocycles. The van der Waals surface area contributed by atoms with Crippen LogP contribution in [0.3, 0.4) is 0 Å². The topological polar surface area (TPSA) is 23.5 Å². The lowest BCUT2D eigenvalue weighted by Gasteiger charge is -2.12. The summed E-state index contributed by atoms with van der Waals surface area (Å²) in [7, 11) is 1.88. The Balaban J connectivity index is 3.26. The second-order valence-electron chi connectivity index (χ2n) is 1.98.